The Morgan fingerprint density at radius 3 is 3.00 bits per heavy atom. The summed E-state index contributed by atoms with van der Waals surface area (Å²) in [4.78, 5) is 12.0. The molecule has 0 aromatic heterocycles. The average molecular weight is 306 g/mol. The number of carbonyl (C=O) groups is 1. The maximum absolute atomic E-state index is 12.0. The van der Waals surface area contributed by atoms with E-state index in [-0.39, 0.29) is 12.0 Å². The van der Waals surface area contributed by atoms with Gasteiger partial charge in [0.25, 0.3) is 0 Å². The van der Waals surface area contributed by atoms with Gasteiger partial charge in [-0.15, -0.1) is 0 Å². The maximum Gasteiger partial charge on any atom is 0.238 e. The Hall–Kier alpha value is -1.59. The molecule has 1 saturated heterocycles. The molecule has 1 amide bonds. The second-order valence-corrected chi connectivity index (χ2v) is 5.68. The van der Waals surface area contributed by atoms with Crippen molar-refractivity contribution in [3.05, 3.63) is 24.3 Å². The molecule has 1 aromatic carbocycles. The van der Waals surface area contributed by atoms with Crippen molar-refractivity contribution in [3.8, 4) is 5.75 Å². The molecule has 0 spiro atoms. The van der Waals surface area contributed by atoms with Crippen LogP contribution in [0.2, 0.25) is 0 Å². The van der Waals surface area contributed by atoms with Crippen LogP contribution < -0.4 is 15.4 Å². The van der Waals surface area contributed by atoms with Crippen LogP contribution in [0.25, 0.3) is 0 Å². The predicted octanol–water partition coefficient (Wildman–Crippen LogP) is 2.57. The van der Waals surface area contributed by atoms with Crippen molar-refractivity contribution < 1.29 is 14.3 Å². The lowest BCUT2D eigenvalue weighted by Crippen LogP contribution is -2.34. The molecule has 0 bridgehead atoms. The van der Waals surface area contributed by atoms with Crippen LogP contribution in [-0.2, 0) is 9.53 Å². The molecule has 122 valence electrons. The van der Waals surface area contributed by atoms with Crippen molar-refractivity contribution in [2.24, 2.45) is 0 Å². The highest BCUT2D eigenvalue weighted by molar-refractivity contribution is 5.93. The third kappa shape index (κ3) is 5.31. The first-order valence-corrected chi connectivity index (χ1v) is 8.05. The molecular weight excluding hydrogens is 280 g/mol. The van der Waals surface area contributed by atoms with E-state index in [1.165, 1.54) is 0 Å². The highest BCUT2D eigenvalue weighted by atomic mass is 16.5. The number of benzene rings is 1. The molecule has 0 aliphatic carbocycles. The van der Waals surface area contributed by atoms with Crippen molar-refractivity contribution in [3.63, 3.8) is 0 Å². The number of hydrogen-bond donors (Lipinski definition) is 2. The molecule has 1 aromatic rings. The van der Waals surface area contributed by atoms with E-state index < -0.39 is 0 Å². The third-order valence-electron chi connectivity index (χ3n) is 3.83. The number of rotatable bonds is 8. The maximum atomic E-state index is 12.0. The Morgan fingerprint density at radius 2 is 2.27 bits per heavy atom. The Bertz CT molecular complexity index is 473. The molecule has 1 aliphatic heterocycles. The monoisotopic (exact) mass is 306 g/mol. The first kappa shape index (κ1) is 16.8. The number of ether oxygens (including phenoxy) is 2. The van der Waals surface area contributed by atoms with Gasteiger partial charge in [0.15, 0.2) is 0 Å². The molecule has 5 nitrogen and oxygen atoms in total. The Labute approximate surface area is 132 Å². The molecule has 1 aliphatic rings. The zero-order chi connectivity index (χ0) is 15.8. The molecule has 0 saturated carbocycles. The van der Waals surface area contributed by atoms with E-state index in [2.05, 4.69) is 24.5 Å². The SMILES string of the molecule is CCC(C)NCC(=O)Nc1ccccc1OCC1CCCO1. The van der Waals surface area contributed by atoms with Gasteiger partial charge in [0.1, 0.15) is 12.4 Å². The fourth-order valence-corrected chi connectivity index (χ4v) is 2.26. The van der Waals surface area contributed by atoms with E-state index in [1.54, 1.807) is 0 Å². The summed E-state index contributed by atoms with van der Waals surface area (Å²) in [5.74, 6) is 0.628. The van der Waals surface area contributed by atoms with Gasteiger partial charge >= 0.3 is 0 Å². The second-order valence-electron chi connectivity index (χ2n) is 5.68. The molecule has 2 unspecified atom stereocenters. The summed E-state index contributed by atoms with van der Waals surface area (Å²) in [7, 11) is 0. The van der Waals surface area contributed by atoms with Crippen LogP contribution in [0.15, 0.2) is 24.3 Å². The van der Waals surface area contributed by atoms with Crippen LogP contribution in [0.5, 0.6) is 5.75 Å². The van der Waals surface area contributed by atoms with Gasteiger partial charge in [0.2, 0.25) is 5.91 Å². The smallest absolute Gasteiger partial charge is 0.238 e. The van der Waals surface area contributed by atoms with Crippen molar-refractivity contribution in [2.75, 3.05) is 25.1 Å². The summed E-state index contributed by atoms with van der Waals surface area (Å²) in [6, 6.07) is 7.84. The van der Waals surface area contributed by atoms with E-state index in [0.717, 1.165) is 25.9 Å². The Kier molecular flexibility index (Phi) is 6.68. The average Bonchev–Trinajstić information content (AvgIpc) is 3.05. The minimum Gasteiger partial charge on any atom is -0.489 e. The van der Waals surface area contributed by atoms with Crippen LogP contribution in [0.1, 0.15) is 33.1 Å². The predicted molar refractivity (Wildman–Crippen MR) is 87.3 cm³/mol. The van der Waals surface area contributed by atoms with E-state index in [0.29, 0.717) is 30.6 Å². The lowest BCUT2D eigenvalue weighted by molar-refractivity contribution is -0.115. The molecule has 0 radical (unpaired) electrons. The van der Waals surface area contributed by atoms with Gasteiger partial charge in [0.05, 0.1) is 18.3 Å². The van der Waals surface area contributed by atoms with Gasteiger partial charge in [-0.2, -0.15) is 0 Å². The molecule has 2 atom stereocenters. The van der Waals surface area contributed by atoms with Gasteiger partial charge in [-0.1, -0.05) is 19.1 Å². The summed E-state index contributed by atoms with van der Waals surface area (Å²) in [5, 5.41) is 6.07. The van der Waals surface area contributed by atoms with Gasteiger partial charge < -0.3 is 20.1 Å². The van der Waals surface area contributed by atoms with E-state index >= 15 is 0 Å². The zero-order valence-electron chi connectivity index (χ0n) is 13.4. The number of nitrogens with one attached hydrogen (secondary N) is 2. The first-order chi connectivity index (χ1) is 10.7. The summed E-state index contributed by atoms with van der Waals surface area (Å²) in [6.07, 6.45) is 3.28. The number of anilines is 1. The second kappa shape index (κ2) is 8.76. The summed E-state index contributed by atoms with van der Waals surface area (Å²) in [5.41, 5.74) is 0.705. The van der Waals surface area contributed by atoms with Crippen molar-refractivity contribution in [1.29, 1.82) is 0 Å². The number of amides is 1. The van der Waals surface area contributed by atoms with Gasteiger partial charge in [-0.3, -0.25) is 4.79 Å². The van der Waals surface area contributed by atoms with E-state index in [1.807, 2.05) is 24.3 Å². The molecule has 2 N–H and O–H groups in total. The van der Waals surface area contributed by atoms with Gasteiger partial charge in [-0.05, 0) is 38.3 Å². The molecule has 1 heterocycles. The fraction of sp³-hybridized carbons (Fsp3) is 0.588. The quantitative estimate of drug-likeness (QED) is 0.775. The van der Waals surface area contributed by atoms with E-state index in [4.69, 9.17) is 9.47 Å². The highest BCUT2D eigenvalue weighted by Gasteiger charge is 2.17. The topological polar surface area (TPSA) is 59.6 Å². The normalized spacial score (nSPS) is 18.9. The molecule has 5 heteroatoms. The van der Waals surface area contributed by atoms with Gasteiger partial charge in [-0.25, -0.2) is 0 Å². The number of para-hydroxylation sites is 2. The minimum absolute atomic E-state index is 0.0616. The van der Waals surface area contributed by atoms with Crippen LogP contribution in [0.3, 0.4) is 0 Å². The highest BCUT2D eigenvalue weighted by Crippen LogP contribution is 2.24. The Morgan fingerprint density at radius 1 is 1.45 bits per heavy atom. The Balaban J connectivity index is 1.85. The molecular formula is C17H26N2O3. The van der Waals surface area contributed by atoms with Crippen molar-refractivity contribution in [1.82, 2.24) is 5.32 Å². The molecule has 22 heavy (non-hydrogen) atoms. The van der Waals surface area contributed by atoms with Crippen molar-refractivity contribution in [2.45, 2.75) is 45.3 Å². The summed E-state index contributed by atoms with van der Waals surface area (Å²) < 4.78 is 11.4. The number of carbonyl (C=O) groups excluding carboxylic acids is 1. The summed E-state index contributed by atoms with van der Waals surface area (Å²) >= 11 is 0. The van der Waals surface area contributed by atoms with Gasteiger partial charge in [0, 0.05) is 12.6 Å². The number of hydrogen-bond acceptors (Lipinski definition) is 4. The standard InChI is InChI=1S/C17H26N2O3/c1-3-13(2)18-11-17(20)19-15-8-4-5-9-16(15)22-12-14-7-6-10-21-14/h4-5,8-9,13-14,18H,3,6-7,10-12H2,1-2H3,(H,19,20). The molecule has 1 fully saturated rings. The van der Waals surface area contributed by atoms with Crippen LogP contribution in [0, 0.1) is 0 Å². The first-order valence-electron chi connectivity index (χ1n) is 8.05. The molecule has 2 rings (SSSR count). The largest absolute Gasteiger partial charge is 0.489 e. The van der Waals surface area contributed by atoms with E-state index in [9.17, 15) is 4.79 Å². The lowest BCUT2D eigenvalue weighted by Gasteiger charge is -2.16. The zero-order valence-corrected chi connectivity index (χ0v) is 13.4. The van der Waals surface area contributed by atoms with Crippen LogP contribution >= 0.6 is 0 Å². The minimum atomic E-state index is -0.0616. The fourth-order valence-electron chi connectivity index (χ4n) is 2.26. The van der Waals surface area contributed by atoms with Crippen LogP contribution in [-0.4, -0.2) is 37.8 Å². The third-order valence-corrected chi connectivity index (χ3v) is 3.83. The van der Waals surface area contributed by atoms with Crippen LogP contribution in [0.4, 0.5) is 5.69 Å². The summed E-state index contributed by atoms with van der Waals surface area (Å²) in [6.45, 7) is 5.79. The van der Waals surface area contributed by atoms with Crippen molar-refractivity contribution >= 4 is 11.6 Å². The lowest BCUT2D eigenvalue weighted by atomic mass is 10.2.